The first-order valence-corrected chi connectivity index (χ1v) is 9.90. The first kappa shape index (κ1) is 19.1. The molecule has 27 heavy (non-hydrogen) atoms. The number of methoxy groups -OCH3 is 1. The van der Waals surface area contributed by atoms with E-state index < -0.39 is 22.0 Å². The summed E-state index contributed by atoms with van der Waals surface area (Å²) in [5, 5.41) is 0. The summed E-state index contributed by atoms with van der Waals surface area (Å²) in [7, 11) is -1.68. The number of likely N-dealkylation sites (N-methyl/N-ethyl adjacent to an activating group) is 1. The normalized spacial score (nSPS) is 15.1. The number of halogens is 1. The van der Waals surface area contributed by atoms with Crippen LogP contribution in [0.5, 0.6) is 0 Å². The SMILES string of the molecule is COC(=O)C1=C(OC(=O)c2ccccc2Br)c2ccccc2S(=O)(=O)N1C. The molecule has 7 nitrogen and oxygen atoms in total. The Balaban J connectivity index is 2.21. The minimum absolute atomic E-state index is 0.0740. The van der Waals surface area contributed by atoms with Crippen molar-refractivity contribution in [2.45, 2.75) is 4.90 Å². The molecule has 0 saturated heterocycles. The van der Waals surface area contributed by atoms with Crippen LogP contribution in [0.2, 0.25) is 0 Å². The summed E-state index contributed by atoms with van der Waals surface area (Å²) in [6, 6.07) is 12.6. The van der Waals surface area contributed by atoms with Crippen molar-refractivity contribution in [3.8, 4) is 0 Å². The third kappa shape index (κ3) is 3.24. The van der Waals surface area contributed by atoms with Crippen molar-refractivity contribution in [3.05, 3.63) is 69.8 Å². The zero-order chi connectivity index (χ0) is 19.8. The molecule has 2 aromatic rings. The van der Waals surface area contributed by atoms with E-state index in [0.29, 0.717) is 4.47 Å². The molecule has 0 aliphatic carbocycles. The number of carbonyl (C=O) groups excluding carboxylic acids is 2. The quantitative estimate of drug-likeness (QED) is 0.666. The van der Waals surface area contributed by atoms with E-state index in [1.165, 1.54) is 19.2 Å². The Kier molecular flexibility index (Phi) is 5.07. The fourth-order valence-corrected chi connectivity index (χ4v) is 4.44. The highest BCUT2D eigenvalue weighted by atomic mass is 79.9. The van der Waals surface area contributed by atoms with Gasteiger partial charge in [0.05, 0.1) is 17.6 Å². The lowest BCUT2D eigenvalue weighted by Crippen LogP contribution is -2.36. The van der Waals surface area contributed by atoms with Gasteiger partial charge in [0.1, 0.15) is 0 Å². The molecule has 0 aromatic heterocycles. The zero-order valence-electron chi connectivity index (χ0n) is 14.3. The van der Waals surface area contributed by atoms with Crippen molar-refractivity contribution in [3.63, 3.8) is 0 Å². The number of fused-ring (bicyclic) bond motifs is 1. The third-order valence-electron chi connectivity index (χ3n) is 3.97. The summed E-state index contributed by atoms with van der Waals surface area (Å²) in [5.74, 6) is -1.87. The Morgan fingerprint density at radius 2 is 1.63 bits per heavy atom. The van der Waals surface area contributed by atoms with E-state index in [-0.39, 0.29) is 27.5 Å². The van der Waals surface area contributed by atoms with E-state index in [1.807, 2.05) is 0 Å². The van der Waals surface area contributed by atoms with Crippen LogP contribution >= 0.6 is 15.9 Å². The minimum Gasteiger partial charge on any atom is -0.464 e. The molecule has 140 valence electrons. The average molecular weight is 452 g/mol. The van der Waals surface area contributed by atoms with E-state index in [4.69, 9.17) is 9.47 Å². The molecule has 1 heterocycles. The molecule has 1 aliphatic heterocycles. The van der Waals surface area contributed by atoms with Crippen LogP contribution in [-0.4, -0.2) is 38.8 Å². The number of esters is 2. The molecule has 0 bridgehead atoms. The van der Waals surface area contributed by atoms with Crippen LogP contribution in [0.15, 0.2) is 63.6 Å². The second kappa shape index (κ2) is 7.16. The Bertz CT molecular complexity index is 1080. The van der Waals surface area contributed by atoms with Crippen LogP contribution in [0, 0.1) is 0 Å². The van der Waals surface area contributed by atoms with Crippen LogP contribution in [0.3, 0.4) is 0 Å². The van der Waals surface area contributed by atoms with Crippen molar-refractivity contribution >= 4 is 43.7 Å². The number of nitrogens with zero attached hydrogens (tertiary/aromatic N) is 1. The molecule has 0 amide bonds. The first-order valence-electron chi connectivity index (χ1n) is 7.66. The predicted molar refractivity (Wildman–Crippen MR) is 99.9 cm³/mol. The Hall–Kier alpha value is -2.65. The summed E-state index contributed by atoms with van der Waals surface area (Å²) in [6.45, 7) is 0. The fourth-order valence-electron chi connectivity index (χ4n) is 2.61. The maximum absolute atomic E-state index is 12.7. The predicted octanol–water partition coefficient (Wildman–Crippen LogP) is 2.78. The maximum Gasteiger partial charge on any atom is 0.359 e. The lowest BCUT2D eigenvalue weighted by Gasteiger charge is -2.29. The first-order chi connectivity index (χ1) is 12.8. The Morgan fingerprint density at radius 3 is 2.30 bits per heavy atom. The number of ether oxygens (including phenoxy) is 2. The summed E-state index contributed by atoms with van der Waals surface area (Å²) < 4.78 is 36.9. The van der Waals surface area contributed by atoms with Crippen molar-refractivity contribution in [2.24, 2.45) is 0 Å². The highest BCUT2D eigenvalue weighted by molar-refractivity contribution is 9.10. The van der Waals surface area contributed by atoms with Crippen LogP contribution in [0.4, 0.5) is 0 Å². The van der Waals surface area contributed by atoms with E-state index in [2.05, 4.69) is 15.9 Å². The van der Waals surface area contributed by atoms with Gasteiger partial charge in [-0.3, -0.25) is 4.31 Å². The van der Waals surface area contributed by atoms with Crippen LogP contribution in [0.1, 0.15) is 15.9 Å². The van der Waals surface area contributed by atoms with Gasteiger partial charge in [0.15, 0.2) is 11.5 Å². The second-order valence-corrected chi connectivity index (χ2v) is 8.30. The molecule has 0 saturated carbocycles. The lowest BCUT2D eigenvalue weighted by molar-refractivity contribution is -0.137. The molecular weight excluding hydrogens is 438 g/mol. The lowest BCUT2D eigenvalue weighted by atomic mass is 10.1. The molecule has 0 radical (unpaired) electrons. The van der Waals surface area contributed by atoms with Gasteiger partial charge in [-0.15, -0.1) is 0 Å². The number of hydrogen-bond acceptors (Lipinski definition) is 6. The number of benzene rings is 2. The molecule has 2 aromatic carbocycles. The highest BCUT2D eigenvalue weighted by Crippen LogP contribution is 2.37. The van der Waals surface area contributed by atoms with Gasteiger partial charge in [-0.1, -0.05) is 24.3 Å². The fraction of sp³-hybridized carbons (Fsp3) is 0.111. The van der Waals surface area contributed by atoms with Gasteiger partial charge in [0.25, 0.3) is 10.0 Å². The molecule has 0 atom stereocenters. The molecule has 0 fully saturated rings. The van der Waals surface area contributed by atoms with Crippen LogP contribution in [-0.2, 0) is 24.3 Å². The van der Waals surface area contributed by atoms with Crippen LogP contribution < -0.4 is 0 Å². The molecular formula is C18H14BrNO6S. The van der Waals surface area contributed by atoms with Gasteiger partial charge in [-0.05, 0) is 40.2 Å². The Labute approximate surface area is 164 Å². The van der Waals surface area contributed by atoms with Crippen molar-refractivity contribution in [1.82, 2.24) is 4.31 Å². The minimum atomic E-state index is -3.99. The monoisotopic (exact) mass is 451 g/mol. The van der Waals surface area contributed by atoms with E-state index in [0.717, 1.165) is 11.4 Å². The third-order valence-corrected chi connectivity index (χ3v) is 6.47. The molecule has 3 rings (SSSR count). The zero-order valence-corrected chi connectivity index (χ0v) is 16.7. The summed E-state index contributed by atoms with van der Waals surface area (Å²) in [5.41, 5.74) is -0.0456. The van der Waals surface area contributed by atoms with Gasteiger partial charge in [-0.25, -0.2) is 18.0 Å². The molecule has 0 spiro atoms. The van der Waals surface area contributed by atoms with Crippen molar-refractivity contribution < 1.29 is 27.5 Å². The maximum atomic E-state index is 12.7. The number of carbonyl (C=O) groups is 2. The van der Waals surface area contributed by atoms with E-state index >= 15 is 0 Å². The topological polar surface area (TPSA) is 90.0 Å². The van der Waals surface area contributed by atoms with E-state index in [1.54, 1.807) is 36.4 Å². The smallest absolute Gasteiger partial charge is 0.359 e. The van der Waals surface area contributed by atoms with Crippen LogP contribution in [0.25, 0.3) is 5.76 Å². The van der Waals surface area contributed by atoms with Crippen molar-refractivity contribution in [2.75, 3.05) is 14.2 Å². The summed E-state index contributed by atoms with van der Waals surface area (Å²) >= 11 is 3.27. The summed E-state index contributed by atoms with van der Waals surface area (Å²) in [6.07, 6.45) is 0. The van der Waals surface area contributed by atoms with Gasteiger partial charge >= 0.3 is 11.9 Å². The molecule has 0 N–H and O–H groups in total. The van der Waals surface area contributed by atoms with E-state index in [9.17, 15) is 18.0 Å². The molecule has 1 aliphatic rings. The van der Waals surface area contributed by atoms with Gasteiger partial charge in [-0.2, -0.15) is 0 Å². The molecule has 0 unspecified atom stereocenters. The number of rotatable bonds is 3. The number of sulfonamides is 1. The standard InChI is InChI=1S/C18H14BrNO6S/c1-20-15(18(22)25-2)16(12-8-4-6-10-14(12)27(20,23)24)26-17(21)11-7-3-5-9-13(11)19/h3-10H,1-2H3. The van der Waals surface area contributed by atoms with Gasteiger partial charge < -0.3 is 9.47 Å². The second-order valence-electron chi connectivity index (χ2n) is 5.51. The van der Waals surface area contributed by atoms with Gasteiger partial charge in [0, 0.05) is 17.1 Å². The largest absolute Gasteiger partial charge is 0.464 e. The average Bonchev–Trinajstić information content (AvgIpc) is 2.66. The molecule has 9 heteroatoms. The highest BCUT2D eigenvalue weighted by Gasteiger charge is 2.40. The van der Waals surface area contributed by atoms with Gasteiger partial charge in [0.2, 0.25) is 0 Å². The van der Waals surface area contributed by atoms with Crippen molar-refractivity contribution in [1.29, 1.82) is 0 Å². The number of hydrogen-bond donors (Lipinski definition) is 0. The Morgan fingerprint density at radius 1 is 1.00 bits per heavy atom. The summed E-state index contributed by atoms with van der Waals surface area (Å²) in [4.78, 5) is 24.9.